The number of ether oxygens (including phenoxy) is 1. The van der Waals surface area contributed by atoms with Gasteiger partial charge in [-0.2, -0.15) is 0 Å². The first-order valence-corrected chi connectivity index (χ1v) is 13.3. The summed E-state index contributed by atoms with van der Waals surface area (Å²) in [4.78, 5) is 42.3. The number of rotatable bonds is 11. The molecule has 4 aromatic rings. The summed E-state index contributed by atoms with van der Waals surface area (Å²) in [5.74, 6) is -0.256. The number of aromatic nitrogens is 2. The van der Waals surface area contributed by atoms with Crippen LogP contribution in [0.2, 0.25) is 0 Å². The minimum Gasteiger partial charge on any atom is -0.453 e. The number of amides is 2. The molecule has 0 saturated heterocycles. The Kier molecular flexibility index (Phi) is 8.83. The van der Waals surface area contributed by atoms with Crippen LogP contribution in [0.15, 0.2) is 60.7 Å². The average molecular weight is 566 g/mol. The van der Waals surface area contributed by atoms with Crippen molar-refractivity contribution in [2.45, 2.75) is 32.1 Å². The van der Waals surface area contributed by atoms with Gasteiger partial charge in [-0.3, -0.25) is 14.9 Å². The Morgan fingerprint density at radius 1 is 1.10 bits per heavy atom. The average Bonchev–Trinajstić information content (AvgIpc) is 3.55. The number of hydrogen-bond acceptors (Lipinski definition) is 9. The smallest absolute Gasteiger partial charge is 0.406 e. The zero-order valence-corrected chi connectivity index (χ0v) is 23.1. The summed E-state index contributed by atoms with van der Waals surface area (Å²) >= 11 is 1.08. The molecule has 5 N–H and O–H groups in total. The highest BCUT2D eigenvalue weighted by Gasteiger charge is 2.22. The maximum atomic E-state index is 13.1. The van der Waals surface area contributed by atoms with Crippen LogP contribution >= 0.6 is 11.3 Å². The van der Waals surface area contributed by atoms with E-state index in [4.69, 9.17) is 0 Å². The fraction of sp³-hybridized carbons (Fsp3) is 0.286. The highest BCUT2D eigenvalue weighted by molar-refractivity contribution is 7.14. The third-order valence-electron chi connectivity index (χ3n) is 5.87. The first-order chi connectivity index (χ1) is 19.0. The molecule has 0 saturated carbocycles. The number of anilines is 2. The molecule has 11 nitrogen and oxygen atoms in total. The number of carbonyl (C=O) groups excluding carboxylic acids is 3. The number of hydrogen-bond donors (Lipinski definition) is 5. The highest BCUT2D eigenvalue weighted by Crippen LogP contribution is 2.27. The summed E-state index contributed by atoms with van der Waals surface area (Å²) in [6.45, 7) is 3.51. The summed E-state index contributed by atoms with van der Waals surface area (Å²) in [6.07, 6.45) is -1.68. The van der Waals surface area contributed by atoms with Gasteiger partial charge >= 0.3 is 6.09 Å². The Morgan fingerprint density at radius 3 is 2.55 bits per heavy atom. The Balaban J connectivity index is 1.52. The van der Waals surface area contributed by atoms with Gasteiger partial charge in [0.1, 0.15) is 6.10 Å². The van der Waals surface area contributed by atoms with Crippen molar-refractivity contribution in [2.75, 3.05) is 30.8 Å². The lowest BCUT2D eigenvalue weighted by Gasteiger charge is -2.20. The fourth-order valence-electron chi connectivity index (χ4n) is 3.96. The molecule has 1 unspecified atom stereocenters. The van der Waals surface area contributed by atoms with Crippen LogP contribution in [-0.4, -0.2) is 63.3 Å². The lowest BCUT2D eigenvalue weighted by atomic mass is 10.1. The van der Waals surface area contributed by atoms with Crippen molar-refractivity contribution in [1.82, 2.24) is 14.9 Å². The standard InChI is InChI=1S/C28H31N5O6S/c1-28(2,38)16-33-20-10-9-18(29-14-21(34)17-7-5-4-6-8-17)13-19(20)31-26(33)32-25(36)24-12-11-23(40-24)22(35)15-30-27(37)39-3/h4-13,22,29,35,38H,14-16H2,1-3H3,(H,30,37)(H,31,32,36). The number of fused-ring (bicyclic) bond motifs is 1. The quantitative estimate of drug-likeness (QED) is 0.172. The molecule has 0 aliphatic rings. The number of ketones is 1. The molecule has 0 bridgehead atoms. The summed E-state index contributed by atoms with van der Waals surface area (Å²) in [5, 5.41) is 29.2. The molecule has 2 heterocycles. The largest absolute Gasteiger partial charge is 0.453 e. The minimum absolute atomic E-state index is 0.0530. The molecule has 0 fully saturated rings. The molecule has 1 atom stereocenters. The van der Waals surface area contributed by atoms with E-state index in [1.165, 1.54) is 7.11 Å². The van der Waals surface area contributed by atoms with E-state index in [1.807, 2.05) is 30.3 Å². The third kappa shape index (κ3) is 7.23. The highest BCUT2D eigenvalue weighted by atomic mass is 32.1. The molecular weight excluding hydrogens is 534 g/mol. The van der Waals surface area contributed by atoms with E-state index in [0.29, 0.717) is 32.0 Å². The maximum absolute atomic E-state index is 13.1. The van der Waals surface area contributed by atoms with Gasteiger partial charge in [-0.1, -0.05) is 30.3 Å². The molecule has 2 aromatic carbocycles. The van der Waals surface area contributed by atoms with E-state index in [1.54, 1.807) is 48.7 Å². The molecule has 0 aliphatic heterocycles. The number of nitrogens with zero attached hydrogens (tertiary/aromatic N) is 2. The predicted molar refractivity (Wildman–Crippen MR) is 153 cm³/mol. The third-order valence-corrected chi connectivity index (χ3v) is 7.06. The summed E-state index contributed by atoms with van der Waals surface area (Å²) in [5.41, 5.74) is 1.44. The molecule has 12 heteroatoms. The van der Waals surface area contributed by atoms with Gasteiger partial charge in [0.05, 0.1) is 48.3 Å². The second-order valence-electron chi connectivity index (χ2n) is 9.72. The van der Waals surface area contributed by atoms with E-state index in [9.17, 15) is 24.6 Å². The van der Waals surface area contributed by atoms with Gasteiger partial charge in [0.2, 0.25) is 5.95 Å². The second-order valence-corrected chi connectivity index (χ2v) is 10.8. The topological polar surface area (TPSA) is 155 Å². The minimum atomic E-state index is -1.10. The SMILES string of the molecule is COC(=O)NCC(O)c1ccc(C(=O)Nc2nc3cc(NCC(=O)c4ccccc4)ccc3n2CC(C)(C)O)s1. The monoisotopic (exact) mass is 565 g/mol. The van der Waals surface area contributed by atoms with Crippen molar-refractivity contribution in [3.05, 3.63) is 76.0 Å². The van der Waals surface area contributed by atoms with Gasteiger partial charge < -0.3 is 30.2 Å². The molecular formula is C28H31N5O6S. The molecule has 0 radical (unpaired) electrons. The number of aliphatic hydroxyl groups is 2. The van der Waals surface area contributed by atoms with Crippen LogP contribution in [0.25, 0.3) is 11.0 Å². The van der Waals surface area contributed by atoms with E-state index in [0.717, 1.165) is 11.3 Å². The number of Topliss-reactive ketones (excluding diaryl/α,β-unsaturated/α-hetero) is 1. The summed E-state index contributed by atoms with van der Waals surface area (Å²) < 4.78 is 6.22. The van der Waals surface area contributed by atoms with Crippen molar-refractivity contribution in [1.29, 1.82) is 0 Å². The Morgan fingerprint density at radius 2 is 1.85 bits per heavy atom. The Hall–Kier alpha value is -4.26. The van der Waals surface area contributed by atoms with Crippen molar-refractivity contribution >= 4 is 51.8 Å². The molecule has 2 amide bonds. The van der Waals surface area contributed by atoms with Crippen LogP contribution in [0.3, 0.4) is 0 Å². The molecule has 210 valence electrons. The number of methoxy groups -OCH3 is 1. The lowest BCUT2D eigenvalue weighted by molar-refractivity contribution is 0.0630. The van der Waals surface area contributed by atoms with Gasteiger partial charge in [0.15, 0.2) is 5.78 Å². The number of benzene rings is 2. The van der Waals surface area contributed by atoms with Gasteiger partial charge in [0, 0.05) is 16.1 Å². The number of alkyl carbamates (subject to hydrolysis) is 1. The molecule has 4 rings (SSSR count). The van der Waals surface area contributed by atoms with Gasteiger partial charge in [-0.05, 0) is 44.2 Å². The Bertz CT molecular complexity index is 1510. The molecule has 0 aliphatic carbocycles. The fourth-order valence-corrected chi connectivity index (χ4v) is 4.85. The molecule has 0 spiro atoms. The van der Waals surface area contributed by atoms with E-state index >= 15 is 0 Å². The first-order valence-electron chi connectivity index (χ1n) is 12.5. The van der Waals surface area contributed by atoms with Gasteiger partial charge in [-0.15, -0.1) is 11.3 Å². The van der Waals surface area contributed by atoms with Crippen molar-refractivity contribution < 1.29 is 29.3 Å². The van der Waals surface area contributed by atoms with Crippen LogP contribution in [-0.2, 0) is 11.3 Å². The molecule has 2 aromatic heterocycles. The van der Waals surface area contributed by atoms with Crippen LogP contribution in [0.1, 0.15) is 44.9 Å². The van der Waals surface area contributed by atoms with E-state index in [-0.39, 0.29) is 31.4 Å². The first kappa shape index (κ1) is 28.7. The Labute approximate surface area is 234 Å². The molecule has 40 heavy (non-hydrogen) atoms. The van der Waals surface area contributed by atoms with Crippen LogP contribution in [0.5, 0.6) is 0 Å². The second kappa shape index (κ2) is 12.3. The number of nitrogens with one attached hydrogen (secondary N) is 3. The maximum Gasteiger partial charge on any atom is 0.406 e. The summed E-state index contributed by atoms with van der Waals surface area (Å²) in [6, 6.07) is 17.6. The number of thiophene rings is 1. The van der Waals surface area contributed by atoms with Gasteiger partial charge in [0.25, 0.3) is 5.91 Å². The zero-order valence-electron chi connectivity index (χ0n) is 22.3. The van der Waals surface area contributed by atoms with Crippen molar-refractivity contribution in [3.63, 3.8) is 0 Å². The van der Waals surface area contributed by atoms with Crippen LogP contribution in [0, 0.1) is 0 Å². The summed E-state index contributed by atoms with van der Waals surface area (Å²) in [7, 11) is 1.23. The number of carbonyl (C=O) groups is 3. The predicted octanol–water partition coefficient (Wildman–Crippen LogP) is 3.81. The van der Waals surface area contributed by atoms with Gasteiger partial charge in [-0.25, -0.2) is 9.78 Å². The lowest BCUT2D eigenvalue weighted by Crippen LogP contribution is -2.27. The van der Waals surface area contributed by atoms with E-state index < -0.39 is 23.7 Å². The number of imidazole rings is 1. The van der Waals surface area contributed by atoms with Crippen molar-refractivity contribution in [3.8, 4) is 0 Å². The zero-order chi connectivity index (χ0) is 28.9. The van der Waals surface area contributed by atoms with E-state index in [2.05, 4.69) is 25.7 Å². The van der Waals surface area contributed by atoms with Crippen LogP contribution in [0.4, 0.5) is 16.4 Å². The van der Waals surface area contributed by atoms with Crippen molar-refractivity contribution in [2.24, 2.45) is 0 Å². The normalized spacial score (nSPS) is 12.1. The van der Waals surface area contributed by atoms with Crippen LogP contribution < -0.4 is 16.0 Å². The number of aliphatic hydroxyl groups excluding tert-OH is 1.